The maximum Gasteiger partial charge on any atom is 0.573 e. The number of hydrogen-bond donors (Lipinski definition) is 2. The third-order valence-electron chi connectivity index (χ3n) is 4.71. The molecular formula is C19H26F3N3O4. The van der Waals surface area contributed by atoms with E-state index in [1.54, 1.807) is 12.1 Å². The summed E-state index contributed by atoms with van der Waals surface area (Å²) in [5.74, 6) is -0.107. The van der Waals surface area contributed by atoms with E-state index in [-0.39, 0.29) is 18.3 Å². The van der Waals surface area contributed by atoms with Gasteiger partial charge >= 0.3 is 12.5 Å². The molecule has 0 spiro atoms. The van der Waals surface area contributed by atoms with Crippen LogP contribution in [0, 0.1) is 5.92 Å². The van der Waals surface area contributed by atoms with Crippen molar-refractivity contribution in [3.63, 3.8) is 0 Å². The molecule has 1 heterocycles. The number of halogens is 3. The summed E-state index contributed by atoms with van der Waals surface area (Å²) >= 11 is 0. The van der Waals surface area contributed by atoms with Gasteiger partial charge in [0.25, 0.3) is 5.91 Å². The van der Waals surface area contributed by atoms with E-state index >= 15 is 0 Å². The highest BCUT2D eigenvalue weighted by atomic mass is 19.4. The molecule has 2 N–H and O–H groups in total. The molecule has 1 fully saturated rings. The van der Waals surface area contributed by atoms with Crippen molar-refractivity contribution in [1.29, 1.82) is 0 Å². The first-order chi connectivity index (χ1) is 13.7. The van der Waals surface area contributed by atoms with Crippen LogP contribution in [0.2, 0.25) is 0 Å². The first-order valence-corrected chi connectivity index (χ1v) is 9.43. The van der Waals surface area contributed by atoms with Crippen LogP contribution in [-0.2, 0) is 16.1 Å². The van der Waals surface area contributed by atoms with Crippen molar-refractivity contribution >= 4 is 12.0 Å². The number of likely N-dealkylation sites (tertiary alicyclic amines) is 1. The number of alkyl halides is 3. The second-order valence-electron chi connectivity index (χ2n) is 6.88. The summed E-state index contributed by atoms with van der Waals surface area (Å²) < 4.78 is 45.2. The van der Waals surface area contributed by atoms with Crippen LogP contribution in [0.5, 0.6) is 5.75 Å². The largest absolute Gasteiger partial charge is 0.573 e. The summed E-state index contributed by atoms with van der Waals surface area (Å²) in [4.78, 5) is 24.7. The lowest BCUT2D eigenvalue weighted by molar-refractivity contribution is -0.274. The highest BCUT2D eigenvalue weighted by Gasteiger charge is 2.31. The lowest BCUT2D eigenvalue weighted by Gasteiger charge is -2.32. The highest BCUT2D eigenvalue weighted by molar-refractivity contribution is 5.79. The predicted molar refractivity (Wildman–Crippen MR) is 99.2 cm³/mol. The average Bonchev–Trinajstić information content (AvgIpc) is 2.68. The quantitative estimate of drug-likeness (QED) is 0.680. The molecule has 0 unspecified atom stereocenters. The Hall–Kier alpha value is -2.49. The Morgan fingerprint density at radius 1 is 1.17 bits per heavy atom. The number of nitrogens with one attached hydrogen (secondary N) is 2. The monoisotopic (exact) mass is 417 g/mol. The Morgan fingerprint density at radius 2 is 1.83 bits per heavy atom. The number of alkyl carbamates (subject to hydrolysis) is 1. The SMILES string of the molecule is CNC(=O)COC(=O)NCCC1CCN(Cc2ccc(OC(F)(F)F)cc2)CC1. The van der Waals surface area contributed by atoms with Crippen LogP contribution in [-0.4, -0.2) is 56.6 Å². The molecule has 29 heavy (non-hydrogen) atoms. The zero-order valence-corrected chi connectivity index (χ0v) is 16.3. The van der Waals surface area contributed by atoms with Crippen molar-refractivity contribution in [1.82, 2.24) is 15.5 Å². The van der Waals surface area contributed by atoms with Gasteiger partial charge in [-0.25, -0.2) is 4.79 Å². The molecule has 1 aliphatic rings. The van der Waals surface area contributed by atoms with Crippen LogP contribution < -0.4 is 15.4 Å². The van der Waals surface area contributed by atoms with E-state index in [0.29, 0.717) is 19.0 Å². The Balaban J connectivity index is 1.62. The second kappa shape index (κ2) is 10.9. The number of carbonyl (C=O) groups is 2. The zero-order valence-electron chi connectivity index (χ0n) is 16.3. The van der Waals surface area contributed by atoms with Gasteiger partial charge in [-0.1, -0.05) is 12.1 Å². The van der Waals surface area contributed by atoms with Crippen LogP contribution in [0.3, 0.4) is 0 Å². The van der Waals surface area contributed by atoms with E-state index < -0.39 is 12.5 Å². The van der Waals surface area contributed by atoms with E-state index in [0.717, 1.165) is 37.9 Å². The Kier molecular flexibility index (Phi) is 8.56. The summed E-state index contributed by atoms with van der Waals surface area (Å²) in [6.45, 7) is 2.62. The van der Waals surface area contributed by atoms with E-state index in [4.69, 9.17) is 4.74 Å². The molecule has 0 saturated carbocycles. The fourth-order valence-electron chi connectivity index (χ4n) is 3.12. The molecule has 1 aromatic carbocycles. The summed E-state index contributed by atoms with van der Waals surface area (Å²) in [5.41, 5.74) is 0.929. The molecule has 0 atom stereocenters. The first kappa shape index (κ1) is 22.8. The molecule has 1 saturated heterocycles. The van der Waals surface area contributed by atoms with Gasteiger partial charge in [0.15, 0.2) is 6.61 Å². The highest BCUT2D eigenvalue weighted by Crippen LogP contribution is 2.24. The number of likely N-dealkylation sites (N-methyl/N-ethyl adjacent to an activating group) is 1. The molecule has 0 aliphatic carbocycles. The van der Waals surface area contributed by atoms with Crippen molar-refractivity contribution in [2.75, 3.05) is 33.3 Å². The average molecular weight is 417 g/mol. The van der Waals surface area contributed by atoms with Crippen molar-refractivity contribution < 1.29 is 32.2 Å². The number of amides is 2. The predicted octanol–water partition coefficient (Wildman–Crippen LogP) is 2.66. The third-order valence-corrected chi connectivity index (χ3v) is 4.71. The van der Waals surface area contributed by atoms with Crippen LogP contribution in [0.4, 0.5) is 18.0 Å². The maximum absolute atomic E-state index is 12.2. The fraction of sp³-hybridized carbons (Fsp3) is 0.579. The number of nitrogens with zero attached hydrogens (tertiary/aromatic N) is 1. The summed E-state index contributed by atoms with van der Waals surface area (Å²) in [6, 6.07) is 5.93. The van der Waals surface area contributed by atoms with Crippen LogP contribution in [0.15, 0.2) is 24.3 Å². The number of ether oxygens (including phenoxy) is 2. The number of benzene rings is 1. The van der Waals surface area contributed by atoms with Crippen LogP contribution in [0.1, 0.15) is 24.8 Å². The lowest BCUT2D eigenvalue weighted by Crippen LogP contribution is -2.35. The van der Waals surface area contributed by atoms with E-state index in [2.05, 4.69) is 20.3 Å². The molecule has 1 aromatic rings. The van der Waals surface area contributed by atoms with Gasteiger partial charge in [0.1, 0.15) is 5.75 Å². The Labute approximate surface area is 167 Å². The lowest BCUT2D eigenvalue weighted by atomic mass is 9.93. The summed E-state index contributed by atoms with van der Waals surface area (Å²) in [6.07, 6.45) is -2.51. The van der Waals surface area contributed by atoms with E-state index in [1.165, 1.54) is 19.2 Å². The van der Waals surface area contributed by atoms with Crippen LogP contribution >= 0.6 is 0 Å². The summed E-state index contributed by atoms with van der Waals surface area (Å²) in [5, 5.41) is 5.00. The number of carbonyl (C=O) groups excluding carboxylic acids is 2. The van der Waals surface area contributed by atoms with Crippen molar-refractivity contribution in [2.45, 2.75) is 32.2 Å². The van der Waals surface area contributed by atoms with Gasteiger partial charge in [-0.05, 0) is 56.0 Å². The zero-order chi connectivity index (χ0) is 21.3. The molecule has 2 amide bonds. The molecule has 1 aliphatic heterocycles. The Bertz CT molecular complexity index is 660. The standard InChI is InChI=1S/C19H26F3N3O4/c1-23-17(26)13-28-18(27)24-9-6-14-7-10-25(11-8-14)12-15-2-4-16(5-3-15)29-19(20,21)22/h2-5,14H,6-13H2,1H3,(H,23,26)(H,24,27). The van der Waals surface area contributed by atoms with Gasteiger partial charge in [0.05, 0.1) is 0 Å². The van der Waals surface area contributed by atoms with Gasteiger partial charge in [-0.2, -0.15) is 0 Å². The van der Waals surface area contributed by atoms with Crippen LogP contribution in [0.25, 0.3) is 0 Å². The fourth-order valence-corrected chi connectivity index (χ4v) is 3.12. The number of rotatable bonds is 8. The minimum absolute atomic E-state index is 0.221. The molecular weight excluding hydrogens is 391 g/mol. The molecule has 7 nitrogen and oxygen atoms in total. The topological polar surface area (TPSA) is 79.9 Å². The molecule has 10 heteroatoms. The molecule has 2 rings (SSSR count). The smallest absolute Gasteiger partial charge is 0.439 e. The van der Waals surface area contributed by atoms with Crippen molar-refractivity contribution in [3.05, 3.63) is 29.8 Å². The number of hydrogen-bond acceptors (Lipinski definition) is 5. The number of piperidine rings is 1. The van der Waals surface area contributed by atoms with Gasteiger partial charge in [-0.3, -0.25) is 9.69 Å². The molecule has 162 valence electrons. The first-order valence-electron chi connectivity index (χ1n) is 9.43. The van der Waals surface area contributed by atoms with Gasteiger partial charge in [0.2, 0.25) is 0 Å². The van der Waals surface area contributed by atoms with E-state index in [1.807, 2.05) is 0 Å². The van der Waals surface area contributed by atoms with Crippen molar-refractivity contribution in [2.24, 2.45) is 5.92 Å². The minimum atomic E-state index is -4.68. The van der Waals surface area contributed by atoms with Gasteiger partial charge in [0, 0.05) is 20.1 Å². The normalized spacial score (nSPS) is 15.6. The second-order valence-corrected chi connectivity index (χ2v) is 6.88. The Morgan fingerprint density at radius 3 is 2.41 bits per heavy atom. The maximum atomic E-state index is 12.2. The molecule has 0 bridgehead atoms. The summed E-state index contributed by atoms with van der Waals surface area (Å²) in [7, 11) is 1.47. The van der Waals surface area contributed by atoms with Gasteiger partial charge in [-0.15, -0.1) is 13.2 Å². The van der Waals surface area contributed by atoms with Gasteiger partial charge < -0.3 is 20.1 Å². The van der Waals surface area contributed by atoms with E-state index in [9.17, 15) is 22.8 Å². The van der Waals surface area contributed by atoms with Crippen molar-refractivity contribution in [3.8, 4) is 5.75 Å². The molecule has 0 aromatic heterocycles. The molecule has 0 radical (unpaired) electrons. The minimum Gasteiger partial charge on any atom is -0.439 e. The third kappa shape index (κ3) is 9.03.